The van der Waals surface area contributed by atoms with E-state index in [0.29, 0.717) is 22.4 Å². The highest BCUT2D eigenvalue weighted by Gasteiger charge is 2.14. The molecule has 0 bridgehead atoms. The molecule has 3 rings (SSSR count). The number of ketones is 1. The number of benzene rings is 1. The van der Waals surface area contributed by atoms with Crippen molar-refractivity contribution in [2.24, 2.45) is 0 Å². The molecule has 0 amide bonds. The van der Waals surface area contributed by atoms with Crippen LogP contribution in [0.25, 0.3) is 11.7 Å². The molecule has 0 N–H and O–H groups in total. The average molecular weight is 314 g/mol. The Morgan fingerprint density at radius 2 is 2.05 bits per heavy atom. The minimum atomic E-state index is 0.0332. The van der Waals surface area contributed by atoms with Crippen LogP contribution in [-0.2, 0) is 0 Å². The van der Waals surface area contributed by atoms with Gasteiger partial charge in [0.05, 0.1) is 12.0 Å². The molecular weight excluding hydrogens is 300 g/mol. The summed E-state index contributed by atoms with van der Waals surface area (Å²) in [5.41, 5.74) is 2.97. The highest BCUT2D eigenvalue weighted by atomic mass is 32.2. The fourth-order valence-electron chi connectivity index (χ4n) is 1.89. The van der Waals surface area contributed by atoms with E-state index in [1.165, 1.54) is 23.6 Å². The van der Waals surface area contributed by atoms with E-state index in [1.54, 1.807) is 12.1 Å². The second-order valence-electron chi connectivity index (χ2n) is 4.86. The van der Waals surface area contributed by atoms with Crippen LogP contribution in [0.5, 0.6) is 0 Å². The van der Waals surface area contributed by atoms with Gasteiger partial charge in [0.15, 0.2) is 11.5 Å². The highest BCUT2D eigenvalue weighted by Crippen LogP contribution is 2.24. The van der Waals surface area contributed by atoms with Crippen molar-refractivity contribution in [2.75, 3.05) is 5.75 Å². The lowest BCUT2D eigenvalue weighted by atomic mass is 10.0. The molecule has 0 aliphatic rings. The van der Waals surface area contributed by atoms with E-state index < -0.39 is 0 Å². The van der Waals surface area contributed by atoms with Crippen LogP contribution in [0.4, 0.5) is 0 Å². The molecule has 0 fully saturated rings. The molecule has 0 aliphatic carbocycles. The number of thioether (sulfide) groups is 1. The monoisotopic (exact) mass is 314 g/mol. The minimum absolute atomic E-state index is 0.0332. The van der Waals surface area contributed by atoms with Gasteiger partial charge in [-0.1, -0.05) is 23.9 Å². The predicted octanol–water partition coefficient (Wildman–Crippen LogP) is 3.92. The van der Waals surface area contributed by atoms with Gasteiger partial charge in [-0.15, -0.1) is 10.2 Å². The summed E-state index contributed by atoms with van der Waals surface area (Å²) >= 11 is 1.22. The molecular formula is C16H14N2O3S. The third-order valence-corrected chi connectivity index (χ3v) is 4.11. The van der Waals surface area contributed by atoms with Gasteiger partial charge in [0.25, 0.3) is 11.1 Å². The Kier molecular flexibility index (Phi) is 4.11. The normalized spacial score (nSPS) is 10.8. The van der Waals surface area contributed by atoms with Gasteiger partial charge in [-0.05, 0) is 43.2 Å². The zero-order chi connectivity index (χ0) is 15.5. The van der Waals surface area contributed by atoms with Crippen molar-refractivity contribution in [1.29, 1.82) is 0 Å². The topological polar surface area (TPSA) is 69.1 Å². The van der Waals surface area contributed by atoms with Crippen LogP contribution in [0.2, 0.25) is 0 Å². The summed E-state index contributed by atoms with van der Waals surface area (Å²) in [5.74, 6) is 1.11. The van der Waals surface area contributed by atoms with Crippen molar-refractivity contribution in [2.45, 2.75) is 19.1 Å². The molecule has 0 atom stereocenters. The fraction of sp³-hybridized carbons (Fsp3) is 0.188. The maximum absolute atomic E-state index is 12.2. The number of aryl methyl sites for hydroxylation is 2. The van der Waals surface area contributed by atoms with Crippen molar-refractivity contribution in [3.05, 3.63) is 53.3 Å². The summed E-state index contributed by atoms with van der Waals surface area (Å²) in [4.78, 5) is 12.2. The number of hydrogen-bond donors (Lipinski definition) is 0. The third kappa shape index (κ3) is 3.12. The van der Waals surface area contributed by atoms with Crippen molar-refractivity contribution in [3.63, 3.8) is 0 Å². The first kappa shape index (κ1) is 14.6. The van der Waals surface area contributed by atoms with E-state index in [9.17, 15) is 4.79 Å². The maximum Gasteiger partial charge on any atom is 0.284 e. The zero-order valence-corrected chi connectivity index (χ0v) is 13.0. The van der Waals surface area contributed by atoms with Crippen LogP contribution in [0, 0.1) is 13.8 Å². The predicted molar refractivity (Wildman–Crippen MR) is 83.0 cm³/mol. The first-order valence-corrected chi connectivity index (χ1v) is 7.72. The summed E-state index contributed by atoms with van der Waals surface area (Å²) in [6, 6.07) is 9.18. The van der Waals surface area contributed by atoms with E-state index in [4.69, 9.17) is 8.83 Å². The van der Waals surface area contributed by atoms with Gasteiger partial charge >= 0.3 is 0 Å². The van der Waals surface area contributed by atoms with Crippen molar-refractivity contribution in [3.8, 4) is 11.7 Å². The third-order valence-electron chi connectivity index (χ3n) is 3.29. The van der Waals surface area contributed by atoms with E-state index in [-0.39, 0.29) is 11.5 Å². The zero-order valence-electron chi connectivity index (χ0n) is 12.2. The molecule has 0 saturated heterocycles. The Balaban J connectivity index is 1.65. The summed E-state index contributed by atoms with van der Waals surface area (Å²) in [6.45, 7) is 4.01. The van der Waals surface area contributed by atoms with Crippen molar-refractivity contribution in [1.82, 2.24) is 10.2 Å². The van der Waals surface area contributed by atoms with Crippen LogP contribution in [-0.4, -0.2) is 21.7 Å². The largest absolute Gasteiger partial charge is 0.459 e. The summed E-state index contributed by atoms with van der Waals surface area (Å²) in [6.07, 6.45) is 1.54. The smallest absolute Gasteiger partial charge is 0.284 e. The van der Waals surface area contributed by atoms with E-state index in [0.717, 1.165) is 5.56 Å². The van der Waals surface area contributed by atoms with Crippen LogP contribution < -0.4 is 0 Å². The lowest BCUT2D eigenvalue weighted by Crippen LogP contribution is -2.03. The molecule has 2 heterocycles. The second kappa shape index (κ2) is 6.19. The minimum Gasteiger partial charge on any atom is -0.459 e. The standard InChI is InChI=1S/C16H14N2O3S/c1-10-5-6-12(8-11(10)2)13(19)9-22-16-18-17-15(21-16)14-4-3-7-20-14/h3-8H,9H2,1-2H3. The maximum atomic E-state index is 12.2. The SMILES string of the molecule is Cc1ccc(C(=O)CSc2nnc(-c3ccco3)o2)cc1C. The molecule has 0 aliphatic heterocycles. The number of hydrogen-bond acceptors (Lipinski definition) is 6. The Morgan fingerprint density at radius 1 is 1.18 bits per heavy atom. The molecule has 22 heavy (non-hydrogen) atoms. The van der Waals surface area contributed by atoms with E-state index >= 15 is 0 Å². The fourth-order valence-corrected chi connectivity index (χ4v) is 2.55. The molecule has 2 aromatic heterocycles. The van der Waals surface area contributed by atoms with Crippen LogP contribution >= 0.6 is 11.8 Å². The lowest BCUT2D eigenvalue weighted by Gasteiger charge is -2.03. The van der Waals surface area contributed by atoms with Crippen molar-refractivity contribution < 1.29 is 13.6 Å². The van der Waals surface area contributed by atoms with E-state index in [1.807, 2.05) is 32.0 Å². The van der Waals surface area contributed by atoms with Gasteiger partial charge in [-0.25, -0.2) is 0 Å². The number of carbonyl (C=O) groups is 1. The number of rotatable bonds is 5. The number of furan rings is 1. The Bertz CT molecular complexity index is 794. The van der Waals surface area contributed by atoms with Crippen molar-refractivity contribution >= 4 is 17.5 Å². The van der Waals surface area contributed by atoms with Crippen LogP contribution in [0.1, 0.15) is 21.5 Å². The van der Waals surface area contributed by atoms with Crippen LogP contribution in [0.3, 0.4) is 0 Å². The Labute approximate surface area is 131 Å². The Morgan fingerprint density at radius 3 is 2.77 bits per heavy atom. The molecule has 0 spiro atoms. The first-order chi connectivity index (χ1) is 10.6. The van der Waals surface area contributed by atoms with Crippen LogP contribution in [0.15, 0.2) is 50.7 Å². The van der Waals surface area contributed by atoms with Gasteiger partial charge in [-0.2, -0.15) is 0 Å². The molecule has 6 heteroatoms. The number of aromatic nitrogens is 2. The van der Waals surface area contributed by atoms with Gasteiger partial charge < -0.3 is 8.83 Å². The van der Waals surface area contributed by atoms with E-state index in [2.05, 4.69) is 10.2 Å². The lowest BCUT2D eigenvalue weighted by molar-refractivity contribution is 0.102. The molecule has 0 radical (unpaired) electrons. The number of Topliss-reactive ketones (excluding diaryl/α,β-unsaturated/α-hetero) is 1. The average Bonchev–Trinajstić information content (AvgIpc) is 3.18. The summed E-state index contributed by atoms with van der Waals surface area (Å²) in [7, 11) is 0. The summed E-state index contributed by atoms with van der Waals surface area (Å²) < 4.78 is 10.6. The molecule has 1 aromatic carbocycles. The molecule has 3 aromatic rings. The Hall–Kier alpha value is -2.34. The molecule has 0 saturated carbocycles. The molecule has 5 nitrogen and oxygen atoms in total. The highest BCUT2D eigenvalue weighted by molar-refractivity contribution is 7.99. The molecule has 0 unspecified atom stereocenters. The van der Waals surface area contributed by atoms with Gasteiger partial charge in [-0.3, -0.25) is 4.79 Å². The number of carbonyl (C=O) groups excluding carboxylic acids is 1. The van der Waals surface area contributed by atoms with Gasteiger partial charge in [0.1, 0.15) is 0 Å². The second-order valence-corrected chi connectivity index (χ2v) is 5.79. The van der Waals surface area contributed by atoms with Gasteiger partial charge in [0.2, 0.25) is 0 Å². The molecule has 112 valence electrons. The first-order valence-electron chi connectivity index (χ1n) is 6.74. The number of nitrogens with zero attached hydrogens (tertiary/aromatic N) is 2. The van der Waals surface area contributed by atoms with Gasteiger partial charge in [0, 0.05) is 5.56 Å². The summed E-state index contributed by atoms with van der Waals surface area (Å²) in [5, 5.41) is 8.15. The quantitative estimate of drug-likeness (QED) is 0.525.